The monoisotopic (exact) mass is 527 g/mol. The number of anilines is 3. The van der Waals surface area contributed by atoms with Crippen molar-refractivity contribution in [2.75, 3.05) is 16.4 Å². The Balaban J connectivity index is 1.33. The number of aromatic nitrogens is 1. The van der Waals surface area contributed by atoms with E-state index in [1.807, 2.05) is 97.1 Å². The second-order valence-corrected chi connectivity index (χ2v) is 9.27. The fraction of sp³-hybridized carbons (Fsp3) is 0.0606. The lowest BCUT2D eigenvalue weighted by atomic mass is 10.0. The van der Waals surface area contributed by atoms with Crippen molar-refractivity contribution >= 4 is 45.9 Å². The maximum absolute atomic E-state index is 13.4. The normalized spacial score (nSPS) is 11.7. The Morgan fingerprint density at radius 3 is 2.42 bits per heavy atom. The minimum atomic E-state index is -0.639. The summed E-state index contributed by atoms with van der Waals surface area (Å²) in [6.07, 6.45) is 4.92. The van der Waals surface area contributed by atoms with Crippen LogP contribution in [0.1, 0.15) is 22.7 Å². The number of amides is 2. The van der Waals surface area contributed by atoms with E-state index < -0.39 is 6.04 Å². The minimum Gasteiger partial charge on any atom is -0.397 e. The Kier molecular flexibility index (Phi) is 8.12. The zero-order chi connectivity index (χ0) is 27.7. The zero-order valence-corrected chi connectivity index (χ0v) is 21.7. The number of nitrogens with two attached hydrogens (primary N) is 1. The highest BCUT2D eigenvalue weighted by Gasteiger charge is 2.20. The summed E-state index contributed by atoms with van der Waals surface area (Å²) in [5.74, 6) is -0.439. The molecule has 40 heavy (non-hydrogen) atoms. The number of nitrogens with zero attached hydrogens (tertiary/aromatic N) is 1. The Labute approximate surface area is 232 Å². The topological polar surface area (TPSA) is 109 Å². The van der Waals surface area contributed by atoms with Gasteiger partial charge >= 0.3 is 0 Å². The molecule has 0 spiro atoms. The maximum Gasteiger partial charge on any atom is 0.248 e. The number of fused-ring (bicyclic) bond motifs is 1. The first-order valence-electron chi connectivity index (χ1n) is 12.9. The summed E-state index contributed by atoms with van der Waals surface area (Å²) in [6.45, 7) is 0.418. The lowest BCUT2D eigenvalue weighted by molar-refractivity contribution is -0.122. The van der Waals surface area contributed by atoms with Gasteiger partial charge in [-0.05, 0) is 59.2 Å². The number of para-hydroxylation sites is 2. The van der Waals surface area contributed by atoms with E-state index in [9.17, 15) is 9.59 Å². The first-order valence-corrected chi connectivity index (χ1v) is 12.9. The number of nitrogen functional groups attached to an aromatic ring is 1. The number of rotatable bonds is 9. The van der Waals surface area contributed by atoms with Crippen LogP contribution in [0.25, 0.3) is 17.0 Å². The SMILES string of the molecule is Nc1ccccc1NC(=O)C=Cc1ccc(C(Nc2ccc3ncccc3c2)C(=O)NCc2ccccc2)cc1. The van der Waals surface area contributed by atoms with Crippen LogP contribution in [0.2, 0.25) is 0 Å². The molecule has 7 heteroatoms. The van der Waals surface area contributed by atoms with E-state index in [4.69, 9.17) is 5.73 Å². The average molecular weight is 528 g/mol. The van der Waals surface area contributed by atoms with E-state index in [1.54, 1.807) is 24.4 Å². The molecule has 0 aliphatic rings. The summed E-state index contributed by atoms with van der Waals surface area (Å²) in [4.78, 5) is 30.2. The molecule has 7 nitrogen and oxygen atoms in total. The molecule has 198 valence electrons. The van der Waals surface area contributed by atoms with E-state index in [1.165, 1.54) is 6.08 Å². The molecule has 2 amide bonds. The zero-order valence-electron chi connectivity index (χ0n) is 21.7. The second-order valence-electron chi connectivity index (χ2n) is 9.27. The molecule has 1 heterocycles. The summed E-state index contributed by atoms with van der Waals surface area (Å²) in [5, 5.41) is 10.2. The molecule has 1 unspecified atom stereocenters. The molecule has 0 aliphatic heterocycles. The molecule has 0 saturated heterocycles. The lowest BCUT2D eigenvalue weighted by Crippen LogP contribution is -2.33. The van der Waals surface area contributed by atoms with Crippen LogP contribution < -0.4 is 21.7 Å². The van der Waals surface area contributed by atoms with Crippen LogP contribution in [0, 0.1) is 0 Å². The quantitative estimate of drug-likeness (QED) is 0.140. The standard InChI is InChI=1S/C33H29N5O2/c34-28-10-4-5-11-30(28)38-31(39)19-14-23-12-15-25(16-13-23)32(33(40)36-22-24-7-2-1-3-8-24)37-27-17-18-29-26(21-27)9-6-20-35-29/h1-21,32,37H,22,34H2,(H,36,40)(H,38,39). The van der Waals surface area contributed by atoms with E-state index in [-0.39, 0.29) is 11.8 Å². The van der Waals surface area contributed by atoms with E-state index in [0.717, 1.165) is 33.3 Å². The van der Waals surface area contributed by atoms with Gasteiger partial charge in [0.2, 0.25) is 11.8 Å². The van der Waals surface area contributed by atoms with E-state index in [2.05, 4.69) is 20.9 Å². The Morgan fingerprint density at radius 1 is 0.850 bits per heavy atom. The summed E-state index contributed by atoms with van der Waals surface area (Å²) >= 11 is 0. The maximum atomic E-state index is 13.4. The highest BCUT2D eigenvalue weighted by molar-refractivity contribution is 6.03. The van der Waals surface area contributed by atoms with Gasteiger partial charge in [0.25, 0.3) is 0 Å². The van der Waals surface area contributed by atoms with Gasteiger partial charge in [-0.15, -0.1) is 0 Å². The fourth-order valence-corrected chi connectivity index (χ4v) is 4.28. The molecule has 0 bridgehead atoms. The third-order valence-electron chi connectivity index (χ3n) is 6.40. The van der Waals surface area contributed by atoms with Gasteiger partial charge in [0.05, 0.1) is 16.9 Å². The largest absolute Gasteiger partial charge is 0.397 e. The molecule has 0 fully saturated rings. The Morgan fingerprint density at radius 2 is 1.62 bits per heavy atom. The molecule has 1 aromatic heterocycles. The van der Waals surface area contributed by atoms with Gasteiger partial charge < -0.3 is 21.7 Å². The Bertz CT molecular complexity index is 1650. The number of benzene rings is 4. The third-order valence-corrected chi connectivity index (χ3v) is 6.40. The van der Waals surface area contributed by atoms with Crippen LogP contribution in [-0.4, -0.2) is 16.8 Å². The first-order chi connectivity index (χ1) is 19.5. The van der Waals surface area contributed by atoms with Gasteiger partial charge in [0.1, 0.15) is 6.04 Å². The van der Waals surface area contributed by atoms with Crippen molar-refractivity contribution in [2.45, 2.75) is 12.6 Å². The molecule has 0 aliphatic carbocycles. The van der Waals surface area contributed by atoms with Gasteiger partial charge in [0.15, 0.2) is 0 Å². The minimum absolute atomic E-state index is 0.154. The highest BCUT2D eigenvalue weighted by atomic mass is 16.2. The van der Waals surface area contributed by atoms with Crippen LogP contribution in [0.3, 0.4) is 0 Å². The predicted molar refractivity (Wildman–Crippen MR) is 161 cm³/mol. The highest BCUT2D eigenvalue weighted by Crippen LogP contribution is 2.24. The molecule has 4 aromatic carbocycles. The van der Waals surface area contributed by atoms with Crippen LogP contribution >= 0.6 is 0 Å². The summed E-state index contributed by atoms with van der Waals surface area (Å²) in [7, 11) is 0. The molecular formula is C33H29N5O2. The van der Waals surface area contributed by atoms with Crippen LogP contribution in [0.5, 0.6) is 0 Å². The number of nitrogens with one attached hydrogen (secondary N) is 3. The van der Waals surface area contributed by atoms with Crippen molar-refractivity contribution in [3.63, 3.8) is 0 Å². The number of pyridine rings is 1. The number of hydrogen-bond donors (Lipinski definition) is 4. The van der Waals surface area contributed by atoms with Crippen molar-refractivity contribution in [1.82, 2.24) is 10.3 Å². The van der Waals surface area contributed by atoms with Gasteiger partial charge in [-0.1, -0.05) is 72.8 Å². The lowest BCUT2D eigenvalue weighted by Gasteiger charge is -2.20. The first kappa shape index (κ1) is 26.2. The van der Waals surface area contributed by atoms with Crippen molar-refractivity contribution in [1.29, 1.82) is 0 Å². The number of hydrogen-bond acceptors (Lipinski definition) is 5. The predicted octanol–water partition coefficient (Wildman–Crippen LogP) is 5.94. The van der Waals surface area contributed by atoms with Gasteiger partial charge in [0, 0.05) is 29.9 Å². The molecule has 5 rings (SSSR count). The van der Waals surface area contributed by atoms with Crippen molar-refractivity contribution in [3.8, 4) is 0 Å². The second kappa shape index (κ2) is 12.4. The molecule has 0 saturated carbocycles. The summed E-state index contributed by atoms with van der Waals surface area (Å²) < 4.78 is 0. The van der Waals surface area contributed by atoms with Crippen LogP contribution in [0.15, 0.2) is 121 Å². The van der Waals surface area contributed by atoms with Crippen LogP contribution in [0.4, 0.5) is 17.1 Å². The summed E-state index contributed by atoms with van der Waals surface area (Å²) in [5.41, 5.74) is 11.3. The fourth-order valence-electron chi connectivity index (χ4n) is 4.28. The van der Waals surface area contributed by atoms with Gasteiger partial charge in [-0.2, -0.15) is 0 Å². The van der Waals surface area contributed by atoms with E-state index in [0.29, 0.717) is 17.9 Å². The van der Waals surface area contributed by atoms with Gasteiger partial charge in [-0.25, -0.2) is 0 Å². The molecule has 5 N–H and O–H groups in total. The van der Waals surface area contributed by atoms with Crippen molar-refractivity contribution < 1.29 is 9.59 Å². The van der Waals surface area contributed by atoms with Crippen molar-refractivity contribution in [2.24, 2.45) is 0 Å². The van der Waals surface area contributed by atoms with E-state index >= 15 is 0 Å². The molecule has 1 atom stereocenters. The average Bonchev–Trinajstić information content (AvgIpc) is 2.99. The third kappa shape index (κ3) is 6.71. The Hall–Kier alpha value is -5.43. The van der Waals surface area contributed by atoms with Crippen molar-refractivity contribution in [3.05, 3.63) is 138 Å². The number of carbonyl (C=O) groups is 2. The smallest absolute Gasteiger partial charge is 0.248 e. The molecular weight excluding hydrogens is 498 g/mol. The summed E-state index contributed by atoms with van der Waals surface area (Å²) in [6, 6.07) is 33.5. The number of carbonyl (C=O) groups excluding carboxylic acids is 2. The van der Waals surface area contributed by atoms with Crippen LogP contribution in [-0.2, 0) is 16.1 Å². The van der Waals surface area contributed by atoms with Gasteiger partial charge in [-0.3, -0.25) is 14.6 Å². The molecule has 5 aromatic rings. The molecule has 0 radical (unpaired) electrons.